The van der Waals surface area contributed by atoms with Crippen LogP contribution in [-0.2, 0) is 0 Å². The first-order valence-electron chi connectivity index (χ1n) is 5.74. The molecule has 0 spiro atoms. The minimum atomic E-state index is -0.237. The Bertz CT molecular complexity index is 374. The van der Waals surface area contributed by atoms with E-state index in [1.54, 1.807) is 6.07 Å². The minimum absolute atomic E-state index is 0.0284. The molecule has 0 radical (unpaired) electrons. The van der Waals surface area contributed by atoms with E-state index < -0.39 is 0 Å². The molecule has 0 aliphatic heterocycles. The largest absolute Gasteiger partial charge is 0.271 e. The SMILES string of the molecule is CC(C)(C)CCC(NN)c1cc(F)ccc1Br. The van der Waals surface area contributed by atoms with Crippen LogP contribution in [-0.4, -0.2) is 0 Å². The average molecular weight is 303 g/mol. The number of rotatable bonds is 4. The third kappa shape index (κ3) is 4.74. The normalized spacial score (nSPS) is 13.8. The second-order valence-electron chi connectivity index (χ2n) is 5.48. The van der Waals surface area contributed by atoms with E-state index in [1.165, 1.54) is 12.1 Å². The summed E-state index contributed by atoms with van der Waals surface area (Å²) in [6.45, 7) is 6.55. The van der Waals surface area contributed by atoms with Crippen LogP contribution < -0.4 is 11.3 Å². The smallest absolute Gasteiger partial charge is 0.123 e. The molecule has 0 amide bonds. The lowest BCUT2D eigenvalue weighted by molar-refractivity contribution is 0.333. The molecule has 4 heteroatoms. The topological polar surface area (TPSA) is 38.0 Å². The highest BCUT2D eigenvalue weighted by Gasteiger charge is 2.18. The van der Waals surface area contributed by atoms with Crippen molar-refractivity contribution in [2.45, 2.75) is 39.7 Å². The summed E-state index contributed by atoms with van der Waals surface area (Å²) in [7, 11) is 0. The predicted octanol–water partition coefficient (Wildman–Crippen LogP) is 3.92. The maximum Gasteiger partial charge on any atom is 0.123 e. The first-order valence-corrected chi connectivity index (χ1v) is 6.54. The van der Waals surface area contributed by atoms with Gasteiger partial charge in [0, 0.05) is 10.5 Å². The summed E-state index contributed by atoms with van der Waals surface area (Å²) in [5, 5.41) is 0. The van der Waals surface area contributed by atoms with E-state index in [-0.39, 0.29) is 17.3 Å². The number of halogens is 2. The van der Waals surface area contributed by atoms with Gasteiger partial charge in [-0.15, -0.1) is 0 Å². The van der Waals surface area contributed by atoms with Gasteiger partial charge in [-0.2, -0.15) is 0 Å². The number of benzene rings is 1. The lowest BCUT2D eigenvalue weighted by Crippen LogP contribution is -2.29. The van der Waals surface area contributed by atoms with Gasteiger partial charge in [0.2, 0.25) is 0 Å². The molecule has 17 heavy (non-hydrogen) atoms. The monoisotopic (exact) mass is 302 g/mol. The molecule has 1 atom stereocenters. The average Bonchev–Trinajstić information content (AvgIpc) is 2.22. The molecule has 0 aliphatic carbocycles. The molecule has 0 saturated carbocycles. The van der Waals surface area contributed by atoms with Crippen molar-refractivity contribution in [2.75, 3.05) is 0 Å². The molecule has 2 nitrogen and oxygen atoms in total. The Labute approximate surface area is 111 Å². The van der Waals surface area contributed by atoms with Crippen molar-refractivity contribution < 1.29 is 4.39 Å². The van der Waals surface area contributed by atoms with Crippen LogP contribution >= 0.6 is 15.9 Å². The van der Waals surface area contributed by atoms with Crippen LogP contribution in [0.1, 0.15) is 45.2 Å². The van der Waals surface area contributed by atoms with Crippen molar-refractivity contribution in [3.05, 3.63) is 34.1 Å². The fourth-order valence-electron chi connectivity index (χ4n) is 1.69. The molecule has 0 aromatic heterocycles. The Morgan fingerprint density at radius 3 is 2.59 bits per heavy atom. The maximum atomic E-state index is 13.2. The zero-order valence-electron chi connectivity index (χ0n) is 10.6. The lowest BCUT2D eigenvalue weighted by atomic mass is 9.87. The van der Waals surface area contributed by atoms with Crippen LogP contribution in [0.5, 0.6) is 0 Å². The zero-order valence-corrected chi connectivity index (χ0v) is 12.1. The highest BCUT2D eigenvalue weighted by atomic mass is 79.9. The standard InChI is InChI=1S/C13H20BrFN2/c1-13(2,3)7-6-12(17-16)10-8-9(15)4-5-11(10)14/h4-5,8,12,17H,6-7,16H2,1-3H3. The van der Waals surface area contributed by atoms with E-state index in [2.05, 4.69) is 42.1 Å². The molecule has 0 fully saturated rings. The quantitative estimate of drug-likeness (QED) is 0.653. The molecule has 1 aromatic carbocycles. The molecule has 1 unspecified atom stereocenters. The molecule has 0 heterocycles. The summed E-state index contributed by atoms with van der Waals surface area (Å²) in [5.41, 5.74) is 3.88. The van der Waals surface area contributed by atoms with Crippen molar-refractivity contribution in [1.82, 2.24) is 5.43 Å². The van der Waals surface area contributed by atoms with Crippen LogP contribution in [0.3, 0.4) is 0 Å². The zero-order chi connectivity index (χ0) is 13.1. The van der Waals surface area contributed by atoms with Gasteiger partial charge in [0.25, 0.3) is 0 Å². The number of hydrogen-bond acceptors (Lipinski definition) is 2. The molecular formula is C13H20BrFN2. The van der Waals surface area contributed by atoms with Gasteiger partial charge < -0.3 is 0 Å². The van der Waals surface area contributed by atoms with Gasteiger partial charge in [-0.3, -0.25) is 11.3 Å². The van der Waals surface area contributed by atoms with Crippen LogP contribution in [0.15, 0.2) is 22.7 Å². The first kappa shape index (κ1) is 14.6. The molecule has 0 aliphatic rings. The van der Waals surface area contributed by atoms with Crippen molar-refractivity contribution in [3.63, 3.8) is 0 Å². The Balaban J connectivity index is 2.82. The second kappa shape index (κ2) is 5.94. The van der Waals surface area contributed by atoms with E-state index in [4.69, 9.17) is 5.84 Å². The third-order valence-electron chi connectivity index (χ3n) is 2.72. The van der Waals surface area contributed by atoms with Crippen LogP contribution in [0.4, 0.5) is 4.39 Å². The molecule has 96 valence electrons. The molecule has 1 aromatic rings. The van der Waals surface area contributed by atoms with Gasteiger partial charge in [-0.1, -0.05) is 36.7 Å². The number of hydrazine groups is 1. The van der Waals surface area contributed by atoms with Crippen LogP contribution in [0, 0.1) is 11.2 Å². The Hall–Kier alpha value is -0.450. The van der Waals surface area contributed by atoms with E-state index in [1.807, 2.05) is 0 Å². The first-order chi connectivity index (χ1) is 7.83. The van der Waals surface area contributed by atoms with Crippen molar-refractivity contribution >= 4 is 15.9 Å². The van der Waals surface area contributed by atoms with Gasteiger partial charge in [0.15, 0.2) is 0 Å². The Morgan fingerprint density at radius 1 is 1.41 bits per heavy atom. The van der Waals surface area contributed by atoms with E-state index >= 15 is 0 Å². The minimum Gasteiger partial charge on any atom is -0.271 e. The maximum absolute atomic E-state index is 13.2. The number of nitrogens with two attached hydrogens (primary N) is 1. The van der Waals surface area contributed by atoms with Crippen molar-refractivity contribution in [3.8, 4) is 0 Å². The van der Waals surface area contributed by atoms with E-state index in [9.17, 15) is 4.39 Å². The van der Waals surface area contributed by atoms with Gasteiger partial charge >= 0.3 is 0 Å². The lowest BCUT2D eigenvalue weighted by Gasteiger charge is -2.23. The molecule has 0 saturated heterocycles. The van der Waals surface area contributed by atoms with Crippen LogP contribution in [0.25, 0.3) is 0 Å². The molecule has 0 bridgehead atoms. The van der Waals surface area contributed by atoms with Crippen molar-refractivity contribution in [2.24, 2.45) is 11.3 Å². The van der Waals surface area contributed by atoms with Crippen LogP contribution in [0.2, 0.25) is 0 Å². The molecule has 3 N–H and O–H groups in total. The van der Waals surface area contributed by atoms with Gasteiger partial charge in [0.1, 0.15) is 5.82 Å². The molecule has 1 rings (SSSR count). The fourth-order valence-corrected chi connectivity index (χ4v) is 2.21. The highest BCUT2D eigenvalue weighted by molar-refractivity contribution is 9.10. The molecular weight excluding hydrogens is 283 g/mol. The Morgan fingerprint density at radius 2 is 2.06 bits per heavy atom. The predicted molar refractivity (Wildman–Crippen MR) is 72.9 cm³/mol. The summed E-state index contributed by atoms with van der Waals surface area (Å²) in [4.78, 5) is 0. The fraction of sp³-hybridized carbons (Fsp3) is 0.538. The van der Waals surface area contributed by atoms with Gasteiger partial charge in [-0.25, -0.2) is 4.39 Å². The second-order valence-corrected chi connectivity index (χ2v) is 6.34. The summed E-state index contributed by atoms with van der Waals surface area (Å²) in [6, 6.07) is 4.65. The van der Waals surface area contributed by atoms with E-state index in [0.29, 0.717) is 0 Å². The Kier molecular flexibility index (Phi) is 5.10. The van der Waals surface area contributed by atoms with Crippen molar-refractivity contribution in [1.29, 1.82) is 0 Å². The summed E-state index contributed by atoms with van der Waals surface area (Å²) in [5.74, 6) is 5.32. The summed E-state index contributed by atoms with van der Waals surface area (Å²) in [6.07, 6.45) is 1.90. The number of hydrogen-bond donors (Lipinski definition) is 2. The third-order valence-corrected chi connectivity index (χ3v) is 3.44. The van der Waals surface area contributed by atoms with Gasteiger partial charge in [-0.05, 0) is 42.0 Å². The van der Waals surface area contributed by atoms with E-state index in [0.717, 1.165) is 22.9 Å². The highest BCUT2D eigenvalue weighted by Crippen LogP contribution is 2.30. The summed E-state index contributed by atoms with van der Waals surface area (Å²) >= 11 is 3.43. The van der Waals surface area contributed by atoms with Gasteiger partial charge in [0.05, 0.1) is 0 Å². The number of nitrogens with one attached hydrogen (secondary N) is 1. The summed E-state index contributed by atoms with van der Waals surface area (Å²) < 4.78 is 14.1.